The molecule has 40 heavy (non-hydrogen) atoms. The largest absolute Gasteiger partial charge is 0.496 e. The number of allylic oxidation sites excluding steroid dienone is 1. The van der Waals surface area contributed by atoms with Gasteiger partial charge in [-0.05, 0) is 60.9 Å². The number of likely N-dealkylation sites (tertiary alicyclic amines) is 1. The highest BCUT2D eigenvalue weighted by molar-refractivity contribution is 5.97. The van der Waals surface area contributed by atoms with Crippen LogP contribution in [0.2, 0.25) is 0 Å². The Bertz CT molecular complexity index is 1330. The Hall–Kier alpha value is -4.01. The molecule has 1 saturated heterocycles. The zero-order chi connectivity index (χ0) is 28.5. The predicted octanol–water partition coefficient (Wildman–Crippen LogP) is 7.63. The lowest BCUT2D eigenvalue weighted by molar-refractivity contribution is 0.0914. The Balaban J connectivity index is 0.00000118. The summed E-state index contributed by atoms with van der Waals surface area (Å²) in [6, 6.07) is 27.6. The number of fused-ring (bicyclic) bond motifs is 1. The van der Waals surface area contributed by atoms with E-state index in [1.54, 1.807) is 7.11 Å². The molecule has 3 aromatic rings. The number of hydrogen-bond acceptors (Lipinski definition) is 3. The van der Waals surface area contributed by atoms with E-state index in [1.807, 2.05) is 24.3 Å². The van der Waals surface area contributed by atoms with Crippen LogP contribution >= 0.6 is 0 Å². The summed E-state index contributed by atoms with van der Waals surface area (Å²) in [5.41, 5.74) is 8.43. The zero-order valence-corrected chi connectivity index (χ0v) is 24.0. The number of amides is 1. The molecular formula is C36H42N2O2. The molecule has 0 radical (unpaired) electrons. The molecule has 2 atom stereocenters. The quantitative estimate of drug-likeness (QED) is 0.317. The Morgan fingerprint density at radius 2 is 1.60 bits per heavy atom. The van der Waals surface area contributed by atoms with E-state index >= 15 is 0 Å². The molecule has 0 spiro atoms. The van der Waals surface area contributed by atoms with Gasteiger partial charge < -0.3 is 15.0 Å². The molecule has 0 bridgehead atoms. The second-order valence-corrected chi connectivity index (χ2v) is 10.7. The summed E-state index contributed by atoms with van der Waals surface area (Å²) in [5.74, 6) is 0.882. The van der Waals surface area contributed by atoms with Gasteiger partial charge in [0, 0.05) is 36.2 Å². The fourth-order valence-corrected chi connectivity index (χ4v) is 6.52. The van der Waals surface area contributed by atoms with Crippen LogP contribution < -0.4 is 10.1 Å². The molecule has 5 rings (SSSR count). The Morgan fingerprint density at radius 3 is 2.27 bits per heavy atom. The lowest BCUT2D eigenvalue weighted by Gasteiger charge is -2.45. The molecular weight excluding hydrogens is 492 g/mol. The van der Waals surface area contributed by atoms with Gasteiger partial charge in [0.1, 0.15) is 5.75 Å². The maximum absolute atomic E-state index is 12.9. The van der Waals surface area contributed by atoms with Crippen molar-refractivity contribution in [1.82, 2.24) is 10.2 Å². The van der Waals surface area contributed by atoms with Gasteiger partial charge in [-0.1, -0.05) is 93.4 Å². The highest BCUT2D eigenvalue weighted by Gasteiger charge is 2.41. The Labute approximate surface area is 240 Å². The molecule has 1 amide bonds. The molecule has 4 heteroatoms. The third kappa shape index (κ3) is 5.93. The van der Waals surface area contributed by atoms with Crippen molar-refractivity contribution < 1.29 is 9.53 Å². The van der Waals surface area contributed by atoms with Crippen molar-refractivity contribution in [1.29, 1.82) is 0 Å². The molecule has 1 aliphatic heterocycles. The van der Waals surface area contributed by atoms with Crippen LogP contribution in [0.15, 0.2) is 110 Å². The molecule has 0 saturated carbocycles. The predicted molar refractivity (Wildman–Crippen MR) is 165 cm³/mol. The fourth-order valence-electron chi connectivity index (χ4n) is 6.52. The summed E-state index contributed by atoms with van der Waals surface area (Å²) in [6.07, 6.45) is 5.14. The van der Waals surface area contributed by atoms with Gasteiger partial charge in [-0.15, -0.1) is 5.73 Å². The van der Waals surface area contributed by atoms with E-state index in [9.17, 15) is 4.79 Å². The molecule has 0 unspecified atom stereocenters. The molecule has 4 nitrogen and oxygen atoms in total. The van der Waals surface area contributed by atoms with Crippen LogP contribution in [0.4, 0.5) is 0 Å². The van der Waals surface area contributed by atoms with E-state index in [0.717, 1.165) is 45.2 Å². The molecule has 2 aliphatic rings. The van der Waals surface area contributed by atoms with Crippen LogP contribution in [0.25, 0.3) is 0 Å². The summed E-state index contributed by atoms with van der Waals surface area (Å²) in [5, 5.41) is 3.23. The maximum Gasteiger partial charge on any atom is 0.255 e. The number of piperidine rings is 1. The first-order valence-electron chi connectivity index (χ1n) is 14.3. The van der Waals surface area contributed by atoms with Crippen molar-refractivity contribution in [3.63, 3.8) is 0 Å². The standard InChI is InChI=1S/C33H38N2O2.C3H4/c1-4-33(25-12-6-5-7-13-25)21-18-27(28-14-8-10-16-30(28)33)24(2)35-22-19-26(20-23-35)34-32(36)29-15-9-11-17-31(29)37-3;1-3-2/h5-17,26-27H,2,4,18-23H2,1,3H3,(H,34,36);1-2H2/t27-,33+;/m1./s1. The van der Waals surface area contributed by atoms with Crippen molar-refractivity contribution >= 4 is 5.91 Å². The number of methoxy groups -OCH3 is 1. The highest BCUT2D eigenvalue weighted by Crippen LogP contribution is 2.51. The molecule has 3 aromatic carbocycles. The third-order valence-corrected chi connectivity index (χ3v) is 8.63. The number of nitrogens with zero attached hydrogens (tertiary/aromatic N) is 1. The first-order chi connectivity index (χ1) is 19.5. The molecule has 0 aromatic heterocycles. The number of carbonyl (C=O) groups excluding carboxylic acids is 1. The minimum absolute atomic E-state index is 0.0599. The number of rotatable bonds is 7. The van der Waals surface area contributed by atoms with Gasteiger partial charge in [-0.25, -0.2) is 0 Å². The van der Waals surface area contributed by atoms with Crippen molar-refractivity contribution in [2.45, 2.75) is 56.4 Å². The summed E-state index contributed by atoms with van der Waals surface area (Å²) in [7, 11) is 1.60. The van der Waals surface area contributed by atoms with E-state index < -0.39 is 0 Å². The van der Waals surface area contributed by atoms with Gasteiger partial charge in [-0.2, -0.15) is 0 Å². The third-order valence-electron chi connectivity index (χ3n) is 8.63. The molecule has 1 aliphatic carbocycles. The number of hydrogen-bond donors (Lipinski definition) is 1. The van der Waals surface area contributed by atoms with Gasteiger partial charge in [0.05, 0.1) is 12.7 Å². The average molecular weight is 535 g/mol. The fraction of sp³-hybridized carbons (Fsp3) is 0.333. The van der Waals surface area contributed by atoms with Gasteiger partial charge in [-0.3, -0.25) is 4.79 Å². The molecule has 1 heterocycles. The van der Waals surface area contributed by atoms with E-state index in [0.29, 0.717) is 17.2 Å². The monoisotopic (exact) mass is 534 g/mol. The van der Waals surface area contributed by atoms with Crippen molar-refractivity contribution in [3.8, 4) is 5.75 Å². The number of nitrogens with one attached hydrogen (secondary N) is 1. The van der Waals surface area contributed by atoms with Gasteiger partial charge in [0.25, 0.3) is 5.91 Å². The highest BCUT2D eigenvalue weighted by atomic mass is 16.5. The lowest BCUT2D eigenvalue weighted by Crippen LogP contribution is -2.45. The van der Waals surface area contributed by atoms with Gasteiger partial charge in [0.2, 0.25) is 0 Å². The van der Waals surface area contributed by atoms with Crippen LogP contribution in [-0.4, -0.2) is 37.0 Å². The number of carbonyl (C=O) groups is 1. The summed E-state index contributed by atoms with van der Waals surface area (Å²) >= 11 is 0. The normalized spacial score (nSPS) is 20.2. The Morgan fingerprint density at radius 1 is 0.975 bits per heavy atom. The molecule has 208 valence electrons. The first-order valence-corrected chi connectivity index (χ1v) is 14.3. The maximum atomic E-state index is 12.9. The van der Waals surface area contributed by atoms with Crippen molar-refractivity contribution in [2.75, 3.05) is 20.2 Å². The zero-order valence-electron chi connectivity index (χ0n) is 24.0. The van der Waals surface area contributed by atoms with E-state index in [2.05, 4.69) is 97.2 Å². The van der Waals surface area contributed by atoms with Crippen molar-refractivity contribution in [3.05, 3.63) is 132 Å². The number of ether oxygens (including phenoxy) is 1. The van der Waals surface area contributed by atoms with Crippen LogP contribution in [0, 0.1) is 0 Å². The van der Waals surface area contributed by atoms with E-state index in [4.69, 9.17) is 4.74 Å². The van der Waals surface area contributed by atoms with Gasteiger partial charge >= 0.3 is 0 Å². The second-order valence-electron chi connectivity index (χ2n) is 10.7. The molecule has 1 fully saturated rings. The SMILES string of the molecule is C=C([C@H]1CC[C@@](CC)(c2ccccc2)c2ccccc21)N1CCC(NC(=O)c2ccccc2OC)CC1.C=C=C. The van der Waals surface area contributed by atoms with Crippen molar-refractivity contribution in [2.24, 2.45) is 0 Å². The van der Waals surface area contributed by atoms with Crippen LogP contribution in [-0.2, 0) is 5.41 Å². The molecule has 1 N–H and O–H groups in total. The smallest absolute Gasteiger partial charge is 0.255 e. The number of para-hydroxylation sites is 1. The summed E-state index contributed by atoms with van der Waals surface area (Å²) in [4.78, 5) is 15.3. The second kappa shape index (κ2) is 13.4. The van der Waals surface area contributed by atoms with Crippen LogP contribution in [0.3, 0.4) is 0 Å². The van der Waals surface area contributed by atoms with E-state index in [1.165, 1.54) is 22.4 Å². The minimum atomic E-state index is -0.0623. The Kier molecular flexibility index (Phi) is 9.69. The first kappa shape index (κ1) is 29.0. The lowest BCUT2D eigenvalue weighted by atomic mass is 9.61. The summed E-state index contributed by atoms with van der Waals surface area (Å²) < 4.78 is 5.37. The number of benzene rings is 3. The van der Waals surface area contributed by atoms with E-state index in [-0.39, 0.29) is 17.4 Å². The van der Waals surface area contributed by atoms with Gasteiger partial charge in [0.15, 0.2) is 0 Å². The summed E-state index contributed by atoms with van der Waals surface area (Å²) in [6.45, 7) is 15.0. The minimum Gasteiger partial charge on any atom is -0.496 e. The van der Waals surface area contributed by atoms with Crippen LogP contribution in [0.5, 0.6) is 5.75 Å². The van der Waals surface area contributed by atoms with Crippen LogP contribution in [0.1, 0.15) is 72.0 Å². The average Bonchev–Trinajstić information content (AvgIpc) is 3.01. The topological polar surface area (TPSA) is 41.6 Å².